The lowest BCUT2D eigenvalue weighted by Gasteiger charge is -2.26. The van der Waals surface area contributed by atoms with Gasteiger partial charge in [-0.3, -0.25) is 14.3 Å². The van der Waals surface area contributed by atoms with Crippen molar-refractivity contribution < 1.29 is 9.21 Å². The highest BCUT2D eigenvalue weighted by Crippen LogP contribution is 2.26. The van der Waals surface area contributed by atoms with E-state index in [0.717, 1.165) is 29.7 Å². The summed E-state index contributed by atoms with van der Waals surface area (Å²) in [6.45, 7) is 2.56. The van der Waals surface area contributed by atoms with E-state index in [1.165, 1.54) is 24.6 Å². The van der Waals surface area contributed by atoms with Gasteiger partial charge < -0.3 is 9.73 Å². The molecule has 1 N–H and O–H groups in total. The van der Waals surface area contributed by atoms with Crippen LogP contribution in [0.1, 0.15) is 35.1 Å². The van der Waals surface area contributed by atoms with Crippen molar-refractivity contribution in [2.75, 3.05) is 25.9 Å². The number of furan rings is 1. The number of nitrogens with zero attached hydrogens (tertiary/aromatic N) is 3. The highest BCUT2D eigenvalue weighted by atomic mass is 32.2. The van der Waals surface area contributed by atoms with Gasteiger partial charge in [0.05, 0.1) is 18.5 Å². The van der Waals surface area contributed by atoms with Crippen LogP contribution in [0.5, 0.6) is 0 Å². The molecule has 0 spiro atoms. The van der Waals surface area contributed by atoms with Crippen LogP contribution in [0.3, 0.4) is 0 Å². The molecule has 28 heavy (non-hydrogen) atoms. The van der Waals surface area contributed by atoms with Gasteiger partial charge >= 0.3 is 0 Å². The third-order valence-electron chi connectivity index (χ3n) is 5.07. The minimum atomic E-state index is -0.132. The third kappa shape index (κ3) is 3.86. The lowest BCUT2D eigenvalue weighted by Crippen LogP contribution is -2.37. The Hall–Kier alpha value is -2.51. The molecule has 146 valence electrons. The van der Waals surface area contributed by atoms with Crippen molar-refractivity contribution >= 4 is 17.7 Å². The van der Waals surface area contributed by atoms with Crippen molar-refractivity contribution in [3.8, 4) is 5.69 Å². The fourth-order valence-corrected chi connectivity index (χ4v) is 4.23. The quantitative estimate of drug-likeness (QED) is 0.616. The average Bonchev–Trinajstić information content (AvgIpc) is 3.49. The van der Waals surface area contributed by atoms with Crippen LogP contribution in [0.4, 0.5) is 0 Å². The van der Waals surface area contributed by atoms with E-state index in [1.807, 2.05) is 53.3 Å². The van der Waals surface area contributed by atoms with E-state index in [-0.39, 0.29) is 11.9 Å². The van der Waals surface area contributed by atoms with Crippen molar-refractivity contribution in [1.29, 1.82) is 0 Å². The summed E-state index contributed by atoms with van der Waals surface area (Å²) in [5.41, 5.74) is 1.46. The molecule has 6 nitrogen and oxygen atoms in total. The Labute approximate surface area is 168 Å². The van der Waals surface area contributed by atoms with Gasteiger partial charge in [-0.15, -0.1) is 0 Å². The standard InChI is InChI=1S/C21H24N4O2S/c1-28-21-23-15-18(25(21)16-8-3-2-4-9-16)20(26)22-14-17(19-10-7-13-27-19)24-11-5-6-12-24/h2-4,7-10,13,15,17H,5-6,11-12,14H2,1H3,(H,22,26). The molecule has 4 rings (SSSR count). The normalized spacial score (nSPS) is 15.6. The van der Waals surface area contributed by atoms with Crippen LogP contribution in [-0.4, -0.2) is 46.2 Å². The second kappa shape index (κ2) is 8.67. The molecule has 2 aromatic heterocycles. The van der Waals surface area contributed by atoms with Crippen LogP contribution < -0.4 is 5.32 Å². The molecule has 3 heterocycles. The number of aromatic nitrogens is 2. The number of carbonyl (C=O) groups excluding carboxylic acids is 1. The zero-order chi connectivity index (χ0) is 19.3. The zero-order valence-corrected chi connectivity index (χ0v) is 16.7. The van der Waals surface area contributed by atoms with Gasteiger partial charge in [-0.05, 0) is 56.5 Å². The zero-order valence-electron chi connectivity index (χ0n) is 15.9. The maximum atomic E-state index is 13.0. The number of nitrogens with one attached hydrogen (secondary N) is 1. The van der Waals surface area contributed by atoms with Gasteiger partial charge in [-0.2, -0.15) is 0 Å². The average molecular weight is 397 g/mol. The molecule has 1 unspecified atom stereocenters. The van der Waals surface area contributed by atoms with Crippen molar-refractivity contribution in [1.82, 2.24) is 19.8 Å². The van der Waals surface area contributed by atoms with E-state index >= 15 is 0 Å². The lowest BCUT2D eigenvalue weighted by atomic mass is 10.2. The maximum absolute atomic E-state index is 13.0. The fourth-order valence-electron chi connectivity index (χ4n) is 3.69. The molecule has 1 aromatic carbocycles. The number of benzene rings is 1. The minimum absolute atomic E-state index is 0.0505. The topological polar surface area (TPSA) is 63.3 Å². The van der Waals surface area contributed by atoms with Gasteiger partial charge in [0.25, 0.3) is 5.91 Å². The second-order valence-electron chi connectivity index (χ2n) is 6.79. The van der Waals surface area contributed by atoms with Gasteiger partial charge in [0.1, 0.15) is 11.5 Å². The van der Waals surface area contributed by atoms with Crippen molar-refractivity contribution in [3.63, 3.8) is 0 Å². The summed E-state index contributed by atoms with van der Waals surface area (Å²) in [7, 11) is 0. The molecular formula is C21H24N4O2S. The largest absolute Gasteiger partial charge is 0.468 e. The molecule has 3 aromatic rings. The Morgan fingerprint density at radius 1 is 1.21 bits per heavy atom. The SMILES string of the molecule is CSc1ncc(C(=O)NCC(c2ccco2)N2CCCC2)n1-c1ccccc1. The first kappa shape index (κ1) is 18.8. The van der Waals surface area contributed by atoms with Gasteiger partial charge in [0.15, 0.2) is 5.16 Å². The molecule has 7 heteroatoms. The first-order chi connectivity index (χ1) is 13.8. The molecule has 1 fully saturated rings. The number of para-hydroxylation sites is 1. The molecule has 1 saturated heterocycles. The summed E-state index contributed by atoms with van der Waals surface area (Å²) in [5.74, 6) is 0.760. The first-order valence-electron chi connectivity index (χ1n) is 9.50. The number of hydrogen-bond donors (Lipinski definition) is 1. The predicted molar refractivity (Wildman–Crippen MR) is 110 cm³/mol. The molecule has 0 saturated carbocycles. The Morgan fingerprint density at radius 2 is 2.00 bits per heavy atom. The summed E-state index contributed by atoms with van der Waals surface area (Å²) in [6, 6.07) is 13.8. The lowest BCUT2D eigenvalue weighted by molar-refractivity contribution is 0.0926. The van der Waals surface area contributed by atoms with Gasteiger partial charge in [-0.1, -0.05) is 30.0 Å². The molecule has 1 aliphatic rings. The molecular weight excluding hydrogens is 372 g/mol. The minimum Gasteiger partial charge on any atom is -0.468 e. The van der Waals surface area contributed by atoms with Crippen molar-refractivity contribution in [2.24, 2.45) is 0 Å². The molecule has 0 aliphatic carbocycles. The van der Waals surface area contributed by atoms with E-state index in [1.54, 1.807) is 12.5 Å². The van der Waals surface area contributed by atoms with Crippen LogP contribution in [0.25, 0.3) is 5.69 Å². The van der Waals surface area contributed by atoms with E-state index < -0.39 is 0 Å². The van der Waals surface area contributed by atoms with E-state index in [0.29, 0.717) is 12.2 Å². The Morgan fingerprint density at radius 3 is 2.68 bits per heavy atom. The Kier molecular flexibility index (Phi) is 5.83. The number of rotatable bonds is 7. The highest BCUT2D eigenvalue weighted by Gasteiger charge is 2.27. The van der Waals surface area contributed by atoms with Crippen LogP contribution in [0.2, 0.25) is 0 Å². The number of thioether (sulfide) groups is 1. The second-order valence-corrected chi connectivity index (χ2v) is 7.56. The van der Waals surface area contributed by atoms with E-state index in [9.17, 15) is 4.79 Å². The van der Waals surface area contributed by atoms with Crippen molar-refractivity contribution in [2.45, 2.75) is 24.0 Å². The van der Waals surface area contributed by atoms with Crippen LogP contribution >= 0.6 is 11.8 Å². The summed E-state index contributed by atoms with van der Waals surface area (Å²) in [5, 5.41) is 3.89. The van der Waals surface area contributed by atoms with Gasteiger partial charge in [0.2, 0.25) is 0 Å². The predicted octanol–water partition coefficient (Wildman–Crippen LogP) is 3.75. The fraction of sp³-hybridized carbons (Fsp3) is 0.333. The summed E-state index contributed by atoms with van der Waals surface area (Å²) in [4.78, 5) is 19.8. The number of hydrogen-bond acceptors (Lipinski definition) is 5. The van der Waals surface area contributed by atoms with E-state index in [4.69, 9.17) is 4.42 Å². The van der Waals surface area contributed by atoms with Crippen molar-refractivity contribution in [3.05, 3.63) is 66.4 Å². The van der Waals surface area contributed by atoms with E-state index in [2.05, 4.69) is 15.2 Å². The Bertz CT molecular complexity index is 902. The highest BCUT2D eigenvalue weighted by molar-refractivity contribution is 7.98. The summed E-state index contributed by atoms with van der Waals surface area (Å²) in [6.07, 6.45) is 7.66. The molecule has 1 aliphatic heterocycles. The van der Waals surface area contributed by atoms with Gasteiger partial charge in [0, 0.05) is 12.2 Å². The number of carbonyl (C=O) groups is 1. The van der Waals surface area contributed by atoms with Crippen LogP contribution in [0, 0.1) is 0 Å². The Balaban J connectivity index is 1.54. The molecule has 1 amide bonds. The number of amides is 1. The number of likely N-dealkylation sites (tertiary alicyclic amines) is 1. The molecule has 0 bridgehead atoms. The van der Waals surface area contributed by atoms with Crippen LogP contribution in [-0.2, 0) is 0 Å². The van der Waals surface area contributed by atoms with Gasteiger partial charge in [-0.25, -0.2) is 4.98 Å². The monoisotopic (exact) mass is 396 g/mol. The van der Waals surface area contributed by atoms with Crippen LogP contribution in [0.15, 0.2) is 64.5 Å². The smallest absolute Gasteiger partial charge is 0.270 e. The summed E-state index contributed by atoms with van der Waals surface area (Å²) >= 11 is 1.52. The number of imidazole rings is 1. The third-order valence-corrected chi connectivity index (χ3v) is 5.72. The maximum Gasteiger partial charge on any atom is 0.270 e. The summed E-state index contributed by atoms with van der Waals surface area (Å²) < 4.78 is 7.55. The molecule has 0 radical (unpaired) electrons. The first-order valence-corrected chi connectivity index (χ1v) is 10.7. The molecule has 1 atom stereocenters.